The molecule has 0 aromatic heterocycles. The molecule has 1 aromatic rings. The third-order valence-electron chi connectivity index (χ3n) is 3.69. The maximum Gasteiger partial charge on any atom is 0.143 e. The van der Waals surface area contributed by atoms with E-state index in [-0.39, 0.29) is 17.7 Å². The van der Waals surface area contributed by atoms with Crippen molar-refractivity contribution >= 4 is 5.69 Å². The van der Waals surface area contributed by atoms with Gasteiger partial charge in [-0.05, 0) is 37.3 Å². The number of halogens is 1. The van der Waals surface area contributed by atoms with Crippen molar-refractivity contribution in [3.63, 3.8) is 0 Å². The molecule has 0 bridgehead atoms. The van der Waals surface area contributed by atoms with Crippen molar-refractivity contribution in [1.82, 2.24) is 0 Å². The summed E-state index contributed by atoms with van der Waals surface area (Å²) in [6.07, 6.45) is 3.58. The second-order valence-electron chi connectivity index (χ2n) is 4.99. The summed E-state index contributed by atoms with van der Waals surface area (Å²) >= 11 is 0. The normalized spacial score (nSPS) is 26.9. The summed E-state index contributed by atoms with van der Waals surface area (Å²) in [6, 6.07) is 6.81. The SMILES string of the molecule is N#Cc1c(F)cccc1NC1CCOC1C1CC1. The number of hydrogen-bond acceptors (Lipinski definition) is 3. The number of hydrogen-bond donors (Lipinski definition) is 1. The lowest BCUT2D eigenvalue weighted by Gasteiger charge is -2.21. The van der Waals surface area contributed by atoms with Crippen LogP contribution in [0.5, 0.6) is 0 Å². The molecule has 2 atom stereocenters. The van der Waals surface area contributed by atoms with Crippen molar-refractivity contribution in [1.29, 1.82) is 5.26 Å². The molecule has 3 nitrogen and oxygen atoms in total. The van der Waals surface area contributed by atoms with E-state index in [0.29, 0.717) is 11.6 Å². The van der Waals surface area contributed by atoms with Gasteiger partial charge in [0.15, 0.2) is 0 Å². The molecule has 1 aromatic carbocycles. The number of nitrogens with zero attached hydrogens (tertiary/aromatic N) is 1. The van der Waals surface area contributed by atoms with E-state index in [2.05, 4.69) is 5.32 Å². The van der Waals surface area contributed by atoms with E-state index in [1.807, 2.05) is 6.07 Å². The van der Waals surface area contributed by atoms with Crippen LogP contribution in [0.1, 0.15) is 24.8 Å². The molecule has 1 saturated heterocycles. The van der Waals surface area contributed by atoms with Crippen LogP contribution in [-0.2, 0) is 4.74 Å². The fraction of sp³-hybridized carbons (Fsp3) is 0.500. The molecule has 4 heteroatoms. The number of benzene rings is 1. The second-order valence-corrected chi connectivity index (χ2v) is 4.99. The minimum atomic E-state index is -0.468. The molecule has 3 rings (SSSR count). The van der Waals surface area contributed by atoms with Gasteiger partial charge in [-0.1, -0.05) is 6.07 Å². The van der Waals surface area contributed by atoms with E-state index in [9.17, 15) is 4.39 Å². The first kappa shape index (κ1) is 11.5. The Balaban J connectivity index is 1.80. The van der Waals surface area contributed by atoms with Gasteiger partial charge in [-0.3, -0.25) is 0 Å². The van der Waals surface area contributed by atoms with E-state index in [0.717, 1.165) is 13.0 Å². The lowest BCUT2D eigenvalue weighted by molar-refractivity contribution is 0.0898. The molecule has 1 aliphatic carbocycles. The summed E-state index contributed by atoms with van der Waals surface area (Å²) in [5.74, 6) is 0.175. The van der Waals surface area contributed by atoms with Gasteiger partial charge in [-0.25, -0.2) is 4.39 Å². The Morgan fingerprint density at radius 3 is 2.89 bits per heavy atom. The van der Waals surface area contributed by atoms with Crippen LogP contribution in [0.3, 0.4) is 0 Å². The second kappa shape index (κ2) is 4.58. The van der Waals surface area contributed by atoms with E-state index >= 15 is 0 Å². The number of anilines is 1. The van der Waals surface area contributed by atoms with Gasteiger partial charge in [0.1, 0.15) is 17.4 Å². The third-order valence-corrected chi connectivity index (χ3v) is 3.69. The highest BCUT2D eigenvalue weighted by molar-refractivity contribution is 5.58. The van der Waals surface area contributed by atoms with Crippen LogP contribution in [-0.4, -0.2) is 18.8 Å². The topological polar surface area (TPSA) is 45.0 Å². The molecular weight excluding hydrogens is 231 g/mol. The minimum Gasteiger partial charge on any atom is -0.378 e. The van der Waals surface area contributed by atoms with Crippen molar-refractivity contribution in [3.05, 3.63) is 29.6 Å². The molecular formula is C14H15FN2O. The molecule has 1 aliphatic heterocycles. The maximum absolute atomic E-state index is 13.5. The highest BCUT2D eigenvalue weighted by Crippen LogP contribution is 2.39. The first-order valence-electron chi connectivity index (χ1n) is 6.36. The van der Waals surface area contributed by atoms with Crippen LogP contribution in [0.25, 0.3) is 0 Å². The molecule has 0 radical (unpaired) electrons. The van der Waals surface area contributed by atoms with Crippen LogP contribution in [0, 0.1) is 23.1 Å². The number of rotatable bonds is 3. The van der Waals surface area contributed by atoms with Gasteiger partial charge in [0.25, 0.3) is 0 Å². The van der Waals surface area contributed by atoms with Crippen LogP contribution in [0.2, 0.25) is 0 Å². The number of nitrogens with one attached hydrogen (secondary N) is 1. The molecule has 0 spiro atoms. The Morgan fingerprint density at radius 2 is 2.17 bits per heavy atom. The molecule has 1 saturated carbocycles. The Hall–Kier alpha value is -1.60. The predicted molar refractivity (Wildman–Crippen MR) is 65.6 cm³/mol. The van der Waals surface area contributed by atoms with Gasteiger partial charge >= 0.3 is 0 Å². The van der Waals surface area contributed by atoms with Gasteiger partial charge in [0.2, 0.25) is 0 Å². The number of nitriles is 1. The summed E-state index contributed by atoms with van der Waals surface area (Å²) in [7, 11) is 0. The maximum atomic E-state index is 13.5. The van der Waals surface area contributed by atoms with Crippen LogP contribution < -0.4 is 5.32 Å². The van der Waals surface area contributed by atoms with Gasteiger partial charge in [0.05, 0.1) is 17.8 Å². The van der Waals surface area contributed by atoms with Crippen molar-refractivity contribution < 1.29 is 9.13 Å². The average Bonchev–Trinajstić information content (AvgIpc) is 3.11. The van der Waals surface area contributed by atoms with Crippen LogP contribution >= 0.6 is 0 Å². The van der Waals surface area contributed by atoms with Gasteiger partial charge < -0.3 is 10.1 Å². The summed E-state index contributed by atoms with van der Waals surface area (Å²) in [5.41, 5.74) is 0.678. The number of ether oxygens (including phenoxy) is 1. The molecule has 2 unspecified atom stereocenters. The zero-order chi connectivity index (χ0) is 12.5. The quantitative estimate of drug-likeness (QED) is 0.891. The Morgan fingerprint density at radius 1 is 1.33 bits per heavy atom. The average molecular weight is 246 g/mol. The predicted octanol–water partition coefficient (Wildman–Crippen LogP) is 2.68. The van der Waals surface area contributed by atoms with Crippen molar-refractivity contribution in [2.75, 3.05) is 11.9 Å². The lowest BCUT2D eigenvalue weighted by Crippen LogP contribution is -2.31. The summed E-state index contributed by atoms with van der Waals surface area (Å²) < 4.78 is 19.2. The first-order chi connectivity index (χ1) is 8.79. The molecule has 1 N–H and O–H groups in total. The van der Waals surface area contributed by atoms with Crippen molar-refractivity contribution in [2.24, 2.45) is 5.92 Å². The van der Waals surface area contributed by atoms with Gasteiger partial charge in [-0.2, -0.15) is 5.26 Å². The molecule has 2 aliphatic rings. The Labute approximate surface area is 106 Å². The largest absolute Gasteiger partial charge is 0.378 e. The summed E-state index contributed by atoms with van der Waals surface area (Å²) in [5, 5.41) is 12.3. The first-order valence-corrected chi connectivity index (χ1v) is 6.36. The Bertz CT molecular complexity index is 493. The third kappa shape index (κ3) is 2.06. The summed E-state index contributed by atoms with van der Waals surface area (Å²) in [6.45, 7) is 0.746. The molecule has 0 amide bonds. The fourth-order valence-electron chi connectivity index (χ4n) is 2.61. The molecule has 18 heavy (non-hydrogen) atoms. The summed E-state index contributed by atoms with van der Waals surface area (Å²) in [4.78, 5) is 0. The molecule has 2 fully saturated rings. The smallest absolute Gasteiger partial charge is 0.143 e. The van der Waals surface area contributed by atoms with Crippen LogP contribution in [0.4, 0.5) is 10.1 Å². The monoisotopic (exact) mass is 246 g/mol. The van der Waals surface area contributed by atoms with Gasteiger partial charge in [0, 0.05) is 6.61 Å². The lowest BCUT2D eigenvalue weighted by atomic mass is 10.0. The molecule has 1 heterocycles. The van der Waals surface area contributed by atoms with Crippen molar-refractivity contribution in [3.8, 4) is 6.07 Å². The van der Waals surface area contributed by atoms with E-state index in [1.165, 1.54) is 18.9 Å². The minimum absolute atomic E-state index is 0.0962. The zero-order valence-electron chi connectivity index (χ0n) is 10.0. The highest BCUT2D eigenvalue weighted by atomic mass is 19.1. The van der Waals surface area contributed by atoms with Crippen molar-refractivity contribution in [2.45, 2.75) is 31.4 Å². The Kier molecular flexibility index (Phi) is 2.92. The van der Waals surface area contributed by atoms with Crippen LogP contribution in [0.15, 0.2) is 18.2 Å². The standard InChI is InChI=1S/C14H15FN2O/c15-11-2-1-3-12(10(11)8-16)17-13-6-7-18-14(13)9-4-5-9/h1-3,9,13-14,17H,4-7H2. The molecule has 94 valence electrons. The highest BCUT2D eigenvalue weighted by Gasteiger charge is 2.40. The van der Waals surface area contributed by atoms with E-state index in [4.69, 9.17) is 10.00 Å². The fourth-order valence-corrected chi connectivity index (χ4v) is 2.61. The van der Waals surface area contributed by atoms with Gasteiger partial charge in [-0.15, -0.1) is 0 Å². The zero-order valence-corrected chi connectivity index (χ0v) is 10.0. The van der Waals surface area contributed by atoms with E-state index < -0.39 is 5.82 Å². The van der Waals surface area contributed by atoms with E-state index in [1.54, 1.807) is 12.1 Å².